The number of benzene rings is 2. The van der Waals surface area contributed by atoms with E-state index in [4.69, 9.17) is 4.74 Å². The fraction of sp³-hybridized carbons (Fsp3) is 0.174. The quantitative estimate of drug-likeness (QED) is 0.305. The first kappa shape index (κ1) is 21.3. The molecule has 1 aromatic heterocycles. The SMILES string of the molecule is COc1ccc(C(O)=C2C(=O)C(=O)N(c3nc(C)c(C)s3)[C@H]2c2cccc(Br)c2)cc1. The summed E-state index contributed by atoms with van der Waals surface area (Å²) in [5, 5.41) is 11.5. The van der Waals surface area contributed by atoms with Gasteiger partial charge in [-0.1, -0.05) is 28.1 Å². The van der Waals surface area contributed by atoms with Gasteiger partial charge in [-0.25, -0.2) is 4.98 Å². The lowest BCUT2D eigenvalue weighted by Crippen LogP contribution is -2.29. The molecular formula is C23H19BrN2O4S. The Morgan fingerprint density at radius 2 is 1.87 bits per heavy atom. The molecule has 6 nitrogen and oxygen atoms in total. The monoisotopic (exact) mass is 498 g/mol. The molecule has 1 saturated heterocycles. The van der Waals surface area contributed by atoms with Gasteiger partial charge in [0.25, 0.3) is 5.78 Å². The Morgan fingerprint density at radius 1 is 1.16 bits per heavy atom. The van der Waals surface area contributed by atoms with E-state index in [1.54, 1.807) is 31.4 Å². The molecule has 3 aromatic rings. The molecular weight excluding hydrogens is 480 g/mol. The molecule has 0 bridgehead atoms. The number of rotatable bonds is 4. The number of methoxy groups -OCH3 is 1. The molecule has 2 aromatic carbocycles. The number of thiazole rings is 1. The molecule has 1 amide bonds. The Labute approximate surface area is 191 Å². The number of ether oxygens (including phenoxy) is 1. The summed E-state index contributed by atoms with van der Waals surface area (Å²) in [7, 11) is 1.55. The number of anilines is 1. The number of nitrogens with zero attached hydrogens (tertiary/aromatic N) is 2. The van der Waals surface area contributed by atoms with Crippen LogP contribution in [0.15, 0.2) is 58.6 Å². The van der Waals surface area contributed by atoms with Crippen molar-refractivity contribution in [1.82, 2.24) is 4.98 Å². The van der Waals surface area contributed by atoms with Crippen molar-refractivity contribution in [2.24, 2.45) is 0 Å². The van der Waals surface area contributed by atoms with E-state index in [0.29, 0.717) is 22.0 Å². The zero-order chi connectivity index (χ0) is 22.3. The first-order valence-corrected chi connectivity index (χ1v) is 11.1. The normalized spacial score (nSPS) is 17.9. The topological polar surface area (TPSA) is 79.7 Å². The van der Waals surface area contributed by atoms with E-state index in [0.717, 1.165) is 15.0 Å². The lowest BCUT2D eigenvalue weighted by Gasteiger charge is -2.23. The maximum absolute atomic E-state index is 13.1. The van der Waals surface area contributed by atoms with Crippen LogP contribution >= 0.6 is 27.3 Å². The molecule has 1 aliphatic rings. The number of aromatic nitrogens is 1. The van der Waals surface area contributed by atoms with Gasteiger partial charge in [0.05, 0.1) is 24.4 Å². The molecule has 4 rings (SSSR count). The number of hydrogen-bond donors (Lipinski definition) is 1. The zero-order valence-electron chi connectivity index (χ0n) is 17.0. The number of carbonyl (C=O) groups excluding carboxylic acids is 2. The van der Waals surface area contributed by atoms with Crippen LogP contribution in [0.4, 0.5) is 5.13 Å². The van der Waals surface area contributed by atoms with Crippen LogP contribution in [-0.4, -0.2) is 28.9 Å². The molecule has 31 heavy (non-hydrogen) atoms. The molecule has 158 valence electrons. The number of hydrogen-bond acceptors (Lipinski definition) is 6. The van der Waals surface area contributed by atoms with Crippen LogP contribution < -0.4 is 9.64 Å². The molecule has 1 aliphatic heterocycles. The highest BCUT2D eigenvalue weighted by molar-refractivity contribution is 9.10. The number of aliphatic hydroxyl groups is 1. The van der Waals surface area contributed by atoms with Crippen molar-refractivity contribution >= 4 is 49.8 Å². The summed E-state index contributed by atoms with van der Waals surface area (Å²) < 4.78 is 5.96. The van der Waals surface area contributed by atoms with Crippen molar-refractivity contribution in [3.63, 3.8) is 0 Å². The molecule has 0 radical (unpaired) electrons. The molecule has 2 heterocycles. The average molecular weight is 499 g/mol. The maximum Gasteiger partial charge on any atom is 0.301 e. The fourth-order valence-corrected chi connectivity index (χ4v) is 4.84. The summed E-state index contributed by atoms with van der Waals surface area (Å²) in [6.45, 7) is 3.77. The molecule has 8 heteroatoms. The molecule has 1 atom stereocenters. The third-order valence-electron chi connectivity index (χ3n) is 5.20. The summed E-state index contributed by atoms with van der Waals surface area (Å²) in [4.78, 5) is 33.1. The highest BCUT2D eigenvalue weighted by Gasteiger charge is 2.48. The van der Waals surface area contributed by atoms with Gasteiger partial charge in [0, 0.05) is 14.9 Å². The molecule has 1 N–H and O–H groups in total. The lowest BCUT2D eigenvalue weighted by atomic mass is 9.95. The molecule has 1 fully saturated rings. The summed E-state index contributed by atoms with van der Waals surface area (Å²) in [6.07, 6.45) is 0. The summed E-state index contributed by atoms with van der Waals surface area (Å²) in [6, 6.07) is 13.2. The third kappa shape index (κ3) is 3.77. The standard InChI is InChI=1S/C23H19BrN2O4S/c1-12-13(2)31-23(25-12)26-19(15-5-4-6-16(24)11-15)18(21(28)22(26)29)20(27)14-7-9-17(30-3)10-8-14/h4-11,19,27H,1-3H3/t19-/m0/s1. The molecule has 0 unspecified atom stereocenters. The highest BCUT2D eigenvalue weighted by atomic mass is 79.9. The van der Waals surface area contributed by atoms with Crippen molar-refractivity contribution < 1.29 is 19.4 Å². The van der Waals surface area contributed by atoms with Gasteiger partial charge in [-0.15, -0.1) is 11.3 Å². The number of halogens is 1. The minimum atomic E-state index is -0.801. The average Bonchev–Trinajstić information content (AvgIpc) is 3.23. The van der Waals surface area contributed by atoms with Gasteiger partial charge in [-0.3, -0.25) is 14.5 Å². The number of carbonyl (C=O) groups is 2. The maximum atomic E-state index is 13.1. The Kier molecular flexibility index (Phi) is 5.68. The van der Waals surface area contributed by atoms with Gasteiger partial charge in [0.1, 0.15) is 11.5 Å². The second-order valence-corrected chi connectivity index (χ2v) is 9.19. The van der Waals surface area contributed by atoms with Crippen LogP contribution in [0.2, 0.25) is 0 Å². The van der Waals surface area contributed by atoms with Crippen LogP contribution in [0.1, 0.15) is 27.7 Å². The Morgan fingerprint density at radius 3 is 2.45 bits per heavy atom. The minimum Gasteiger partial charge on any atom is -0.507 e. The predicted octanol–water partition coefficient (Wildman–Crippen LogP) is 5.16. The molecule has 0 spiro atoms. The van der Waals surface area contributed by atoms with E-state index in [-0.39, 0.29) is 11.3 Å². The second-order valence-electron chi connectivity index (χ2n) is 7.09. The van der Waals surface area contributed by atoms with Gasteiger partial charge in [0.15, 0.2) is 5.13 Å². The minimum absolute atomic E-state index is 0.0266. The predicted molar refractivity (Wildman–Crippen MR) is 124 cm³/mol. The van der Waals surface area contributed by atoms with E-state index in [1.807, 2.05) is 38.1 Å². The van der Waals surface area contributed by atoms with Crippen molar-refractivity contribution in [1.29, 1.82) is 0 Å². The van der Waals surface area contributed by atoms with Crippen molar-refractivity contribution in [3.8, 4) is 5.75 Å². The number of Topliss-reactive ketones (excluding diaryl/α,β-unsaturated/α-hetero) is 1. The Balaban J connectivity index is 1.93. The molecule has 0 aliphatic carbocycles. The van der Waals surface area contributed by atoms with Gasteiger partial charge in [0.2, 0.25) is 0 Å². The Hall–Kier alpha value is -2.97. The van der Waals surface area contributed by atoms with Crippen LogP contribution in [0, 0.1) is 13.8 Å². The summed E-state index contributed by atoms with van der Waals surface area (Å²) >= 11 is 4.80. The van der Waals surface area contributed by atoms with Crippen LogP contribution in [0.3, 0.4) is 0 Å². The number of aliphatic hydroxyl groups excluding tert-OH is 1. The van der Waals surface area contributed by atoms with Gasteiger partial charge < -0.3 is 9.84 Å². The first-order chi connectivity index (χ1) is 14.8. The summed E-state index contributed by atoms with van der Waals surface area (Å²) in [5.41, 5.74) is 1.93. The van der Waals surface area contributed by atoms with Crippen molar-refractivity contribution in [2.45, 2.75) is 19.9 Å². The number of amides is 1. The van der Waals surface area contributed by atoms with Crippen molar-refractivity contribution in [3.05, 3.63) is 80.3 Å². The largest absolute Gasteiger partial charge is 0.507 e. The van der Waals surface area contributed by atoms with Gasteiger partial charge >= 0.3 is 5.91 Å². The van der Waals surface area contributed by atoms with E-state index >= 15 is 0 Å². The Bertz CT molecular complexity index is 1200. The van der Waals surface area contributed by atoms with Crippen LogP contribution in [0.5, 0.6) is 5.75 Å². The zero-order valence-corrected chi connectivity index (χ0v) is 19.5. The highest BCUT2D eigenvalue weighted by Crippen LogP contribution is 2.44. The molecule has 0 saturated carbocycles. The van der Waals surface area contributed by atoms with E-state index < -0.39 is 17.7 Å². The van der Waals surface area contributed by atoms with Gasteiger partial charge in [-0.05, 0) is 55.8 Å². The fourth-order valence-electron chi connectivity index (χ4n) is 3.49. The van der Waals surface area contributed by atoms with E-state index in [2.05, 4.69) is 20.9 Å². The first-order valence-electron chi connectivity index (χ1n) is 9.46. The van der Waals surface area contributed by atoms with Crippen molar-refractivity contribution in [2.75, 3.05) is 12.0 Å². The van der Waals surface area contributed by atoms with E-state index in [9.17, 15) is 14.7 Å². The summed E-state index contributed by atoms with van der Waals surface area (Å²) in [5.74, 6) is -1.08. The smallest absolute Gasteiger partial charge is 0.301 e. The lowest BCUT2D eigenvalue weighted by molar-refractivity contribution is -0.132. The van der Waals surface area contributed by atoms with Gasteiger partial charge in [-0.2, -0.15) is 0 Å². The number of ketones is 1. The van der Waals surface area contributed by atoms with Crippen LogP contribution in [-0.2, 0) is 9.59 Å². The second kappa shape index (κ2) is 8.28. The third-order valence-corrected chi connectivity index (χ3v) is 6.76. The number of aryl methyl sites for hydroxylation is 2. The van der Waals surface area contributed by atoms with E-state index in [1.165, 1.54) is 16.2 Å². The van der Waals surface area contributed by atoms with Crippen LogP contribution in [0.25, 0.3) is 5.76 Å².